The summed E-state index contributed by atoms with van der Waals surface area (Å²) in [6.07, 6.45) is 2.16. The average molecular weight is 363 g/mol. The lowest BCUT2D eigenvalue weighted by Crippen LogP contribution is -2.32. The molecule has 0 amide bonds. The zero-order chi connectivity index (χ0) is 12.4. The van der Waals surface area contributed by atoms with Crippen molar-refractivity contribution >= 4 is 43.5 Å². The van der Waals surface area contributed by atoms with Gasteiger partial charge in [0.05, 0.1) is 12.8 Å². The molecule has 0 radical (unpaired) electrons. The van der Waals surface area contributed by atoms with Gasteiger partial charge >= 0.3 is 5.97 Å². The van der Waals surface area contributed by atoms with E-state index in [4.69, 9.17) is 4.74 Å². The number of para-hydroxylation sites is 1. The highest BCUT2D eigenvalue weighted by molar-refractivity contribution is 9.11. The second-order valence-corrected chi connectivity index (χ2v) is 5.79. The van der Waals surface area contributed by atoms with Gasteiger partial charge in [0.2, 0.25) is 0 Å². The van der Waals surface area contributed by atoms with Crippen LogP contribution in [0.1, 0.15) is 12.8 Å². The zero-order valence-corrected chi connectivity index (χ0v) is 12.5. The summed E-state index contributed by atoms with van der Waals surface area (Å²) in [4.78, 5) is 11.7. The SMILES string of the molecule is COC(=O)C(Nc1c(Br)cccc1Br)C1CC1. The van der Waals surface area contributed by atoms with E-state index in [1.807, 2.05) is 18.2 Å². The van der Waals surface area contributed by atoms with Crippen LogP contribution in [0.2, 0.25) is 0 Å². The smallest absolute Gasteiger partial charge is 0.328 e. The Labute approximate surface area is 117 Å². The molecule has 1 aliphatic rings. The van der Waals surface area contributed by atoms with Crippen molar-refractivity contribution in [3.05, 3.63) is 27.1 Å². The predicted molar refractivity (Wildman–Crippen MR) is 74.0 cm³/mol. The maximum atomic E-state index is 11.7. The van der Waals surface area contributed by atoms with Gasteiger partial charge in [0.25, 0.3) is 0 Å². The van der Waals surface area contributed by atoms with E-state index in [2.05, 4.69) is 37.2 Å². The Kier molecular flexibility index (Phi) is 4.09. The second kappa shape index (κ2) is 5.40. The number of halogens is 2. The van der Waals surface area contributed by atoms with Crippen LogP contribution in [-0.2, 0) is 9.53 Å². The third-order valence-electron chi connectivity index (χ3n) is 2.81. The molecule has 1 saturated carbocycles. The maximum Gasteiger partial charge on any atom is 0.328 e. The Morgan fingerprint density at radius 2 is 2.00 bits per heavy atom. The van der Waals surface area contributed by atoms with Crippen molar-refractivity contribution in [2.24, 2.45) is 5.92 Å². The summed E-state index contributed by atoms with van der Waals surface area (Å²) >= 11 is 6.94. The fourth-order valence-electron chi connectivity index (χ4n) is 1.72. The van der Waals surface area contributed by atoms with E-state index in [0.29, 0.717) is 5.92 Å². The fraction of sp³-hybridized carbons (Fsp3) is 0.417. The van der Waals surface area contributed by atoms with Gasteiger partial charge in [-0.2, -0.15) is 0 Å². The molecule has 17 heavy (non-hydrogen) atoms. The molecule has 1 aliphatic carbocycles. The number of nitrogens with one attached hydrogen (secondary N) is 1. The summed E-state index contributed by atoms with van der Waals surface area (Å²) in [6.45, 7) is 0. The predicted octanol–water partition coefficient (Wildman–Crippen LogP) is 3.58. The van der Waals surface area contributed by atoms with Gasteiger partial charge in [0, 0.05) is 8.95 Å². The lowest BCUT2D eigenvalue weighted by Gasteiger charge is -2.19. The first-order valence-corrected chi connectivity index (χ1v) is 7.00. The summed E-state index contributed by atoms with van der Waals surface area (Å²) in [7, 11) is 1.43. The molecule has 0 aromatic heterocycles. The van der Waals surface area contributed by atoms with E-state index >= 15 is 0 Å². The van der Waals surface area contributed by atoms with Gasteiger partial charge in [-0.1, -0.05) is 6.07 Å². The molecule has 92 valence electrons. The fourth-order valence-corrected chi connectivity index (χ4v) is 2.94. The Bertz CT molecular complexity index is 412. The third kappa shape index (κ3) is 3.01. The largest absolute Gasteiger partial charge is 0.467 e. The van der Waals surface area contributed by atoms with Gasteiger partial charge in [-0.05, 0) is 62.8 Å². The summed E-state index contributed by atoms with van der Waals surface area (Å²) in [5.41, 5.74) is 0.898. The van der Waals surface area contributed by atoms with Crippen LogP contribution < -0.4 is 5.32 Å². The minimum atomic E-state index is -0.255. The molecule has 1 N–H and O–H groups in total. The summed E-state index contributed by atoms with van der Waals surface area (Å²) < 4.78 is 6.70. The van der Waals surface area contributed by atoms with Gasteiger partial charge < -0.3 is 10.1 Å². The molecule has 0 bridgehead atoms. The van der Waals surface area contributed by atoms with Crippen LogP contribution in [0.4, 0.5) is 5.69 Å². The number of anilines is 1. The van der Waals surface area contributed by atoms with Crippen LogP contribution in [-0.4, -0.2) is 19.1 Å². The van der Waals surface area contributed by atoms with Gasteiger partial charge in [-0.15, -0.1) is 0 Å². The van der Waals surface area contributed by atoms with E-state index in [-0.39, 0.29) is 12.0 Å². The van der Waals surface area contributed by atoms with Crippen LogP contribution in [0, 0.1) is 5.92 Å². The van der Waals surface area contributed by atoms with Crippen molar-refractivity contribution < 1.29 is 9.53 Å². The summed E-state index contributed by atoms with van der Waals surface area (Å²) in [5.74, 6) is 0.191. The lowest BCUT2D eigenvalue weighted by molar-refractivity contribution is -0.142. The molecular weight excluding hydrogens is 350 g/mol. The molecule has 1 fully saturated rings. The number of methoxy groups -OCH3 is 1. The number of carbonyl (C=O) groups excluding carboxylic acids is 1. The van der Waals surface area contributed by atoms with Crippen molar-refractivity contribution in [2.75, 3.05) is 12.4 Å². The molecule has 0 heterocycles. The van der Waals surface area contributed by atoms with Gasteiger partial charge in [0.1, 0.15) is 6.04 Å². The van der Waals surface area contributed by atoms with E-state index in [1.54, 1.807) is 0 Å². The van der Waals surface area contributed by atoms with Crippen molar-refractivity contribution in [1.29, 1.82) is 0 Å². The van der Waals surface area contributed by atoms with Gasteiger partial charge in [-0.3, -0.25) is 0 Å². The second-order valence-electron chi connectivity index (χ2n) is 4.08. The number of rotatable bonds is 4. The molecule has 2 rings (SSSR count). The minimum absolute atomic E-state index is 0.199. The van der Waals surface area contributed by atoms with E-state index < -0.39 is 0 Å². The normalized spacial score (nSPS) is 16.4. The molecule has 5 heteroatoms. The topological polar surface area (TPSA) is 38.3 Å². The summed E-state index contributed by atoms with van der Waals surface area (Å²) in [6, 6.07) is 5.56. The van der Waals surface area contributed by atoms with Crippen molar-refractivity contribution in [1.82, 2.24) is 0 Å². The van der Waals surface area contributed by atoms with Gasteiger partial charge in [-0.25, -0.2) is 4.79 Å². The Hall–Kier alpha value is -0.550. The number of hydrogen-bond acceptors (Lipinski definition) is 3. The first kappa shape index (κ1) is 12.9. The minimum Gasteiger partial charge on any atom is -0.467 e. The average Bonchev–Trinajstić information content (AvgIpc) is 3.12. The number of carbonyl (C=O) groups is 1. The molecular formula is C12H13Br2NO2. The quantitative estimate of drug-likeness (QED) is 0.832. The lowest BCUT2D eigenvalue weighted by atomic mass is 10.1. The van der Waals surface area contributed by atoms with E-state index in [9.17, 15) is 4.79 Å². The number of benzene rings is 1. The molecule has 1 unspecified atom stereocenters. The maximum absolute atomic E-state index is 11.7. The van der Waals surface area contributed by atoms with E-state index in [1.165, 1.54) is 7.11 Å². The molecule has 3 nitrogen and oxygen atoms in total. The van der Waals surface area contributed by atoms with Crippen LogP contribution >= 0.6 is 31.9 Å². The first-order valence-electron chi connectivity index (χ1n) is 5.42. The first-order chi connectivity index (χ1) is 8.13. The molecule has 1 atom stereocenters. The highest BCUT2D eigenvalue weighted by Crippen LogP contribution is 2.38. The molecule has 0 spiro atoms. The van der Waals surface area contributed by atoms with Crippen molar-refractivity contribution in [3.63, 3.8) is 0 Å². The molecule has 0 saturated heterocycles. The summed E-state index contributed by atoms with van der Waals surface area (Å²) in [5, 5.41) is 3.26. The Morgan fingerprint density at radius 3 is 2.47 bits per heavy atom. The Balaban J connectivity index is 2.20. The number of ether oxygens (including phenoxy) is 1. The molecule has 1 aromatic carbocycles. The standard InChI is InChI=1S/C12H13Br2NO2/c1-17-12(16)10(7-5-6-7)15-11-8(13)3-2-4-9(11)14/h2-4,7,10,15H,5-6H2,1H3. The van der Waals surface area contributed by atoms with Gasteiger partial charge in [0.15, 0.2) is 0 Å². The van der Waals surface area contributed by atoms with Crippen LogP contribution in [0.3, 0.4) is 0 Å². The van der Waals surface area contributed by atoms with Crippen LogP contribution in [0.15, 0.2) is 27.1 Å². The van der Waals surface area contributed by atoms with Crippen LogP contribution in [0.25, 0.3) is 0 Å². The zero-order valence-electron chi connectivity index (χ0n) is 9.37. The molecule has 1 aromatic rings. The highest BCUT2D eigenvalue weighted by atomic mass is 79.9. The Morgan fingerprint density at radius 1 is 1.41 bits per heavy atom. The van der Waals surface area contributed by atoms with Crippen molar-refractivity contribution in [2.45, 2.75) is 18.9 Å². The monoisotopic (exact) mass is 361 g/mol. The number of hydrogen-bond donors (Lipinski definition) is 1. The number of esters is 1. The van der Waals surface area contributed by atoms with Crippen molar-refractivity contribution in [3.8, 4) is 0 Å². The highest BCUT2D eigenvalue weighted by Gasteiger charge is 2.37. The molecule has 0 aliphatic heterocycles. The van der Waals surface area contributed by atoms with Crippen LogP contribution in [0.5, 0.6) is 0 Å². The van der Waals surface area contributed by atoms with E-state index in [0.717, 1.165) is 27.5 Å². The third-order valence-corrected chi connectivity index (χ3v) is 4.13.